The Labute approximate surface area is 165 Å². The lowest BCUT2D eigenvalue weighted by molar-refractivity contribution is 0.572. The van der Waals surface area contributed by atoms with Crippen LogP contribution in [0, 0.1) is 12.7 Å². The third kappa shape index (κ3) is 6.13. The topological polar surface area (TPSA) is 87.2 Å². The van der Waals surface area contributed by atoms with Crippen LogP contribution in [-0.2, 0) is 15.8 Å². The number of halogens is 1. The summed E-state index contributed by atoms with van der Waals surface area (Å²) in [7, 11) is -3.54. The van der Waals surface area contributed by atoms with Crippen molar-refractivity contribution < 1.29 is 12.8 Å². The largest absolute Gasteiger partial charge is 0.369 e. The van der Waals surface area contributed by atoms with Crippen molar-refractivity contribution in [3.8, 4) is 0 Å². The van der Waals surface area contributed by atoms with E-state index in [-0.39, 0.29) is 12.3 Å². The number of hydrogen-bond acceptors (Lipinski definition) is 6. The molecule has 0 spiro atoms. The zero-order chi connectivity index (χ0) is 20.0. The normalized spacial score (nSPS) is 14.9. The highest BCUT2D eigenvalue weighted by Crippen LogP contribution is 2.20. The van der Waals surface area contributed by atoms with E-state index in [0.29, 0.717) is 23.8 Å². The first kappa shape index (κ1) is 20.5. The quantitative estimate of drug-likeness (QED) is 0.654. The van der Waals surface area contributed by atoms with Crippen LogP contribution in [0.1, 0.15) is 30.7 Å². The van der Waals surface area contributed by atoms with E-state index in [1.807, 2.05) is 13.0 Å². The van der Waals surface area contributed by atoms with Crippen LogP contribution in [0.2, 0.25) is 0 Å². The van der Waals surface area contributed by atoms with Crippen LogP contribution >= 0.6 is 0 Å². The van der Waals surface area contributed by atoms with Crippen molar-refractivity contribution in [1.29, 1.82) is 0 Å². The molecule has 0 saturated carbocycles. The van der Waals surface area contributed by atoms with Crippen molar-refractivity contribution in [2.75, 3.05) is 36.4 Å². The number of benzene rings is 1. The Morgan fingerprint density at radius 1 is 1.11 bits per heavy atom. The van der Waals surface area contributed by atoms with Crippen LogP contribution in [0.3, 0.4) is 0 Å². The minimum atomic E-state index is -3.54. The summed E-state index contributed by atoms with van der Waals surface area (Å²) in [5.41, 5.74) is 0.415. The maximum atomic E-state index is 13.2. The van der Waals surface area contributed by atoms with E-state index in [1.54, 1.807) is 6.07 Å². The molecule has 0 amide bonds. The molecular formula is C19H26FN5O2S. The molecule has 1 aromatic heterocycles. The lowest BCUT2D eigenvalue weighted by Crippen LogP contribution is -2.31. The maximum Gasteiger partial charge on any atom is 0.215 e. The molecule has 3 rings (SSSR count). The Kier molecular flexibility index (Phi) is 6.79. The highest BCUT2D eigenvalue weighted by atomic mass is 32.2. The van der Waals surface area contributed by atoms with Crippen LogP contribution in [0.4, 0.5) is 16.0 Å². The third-order valence-electron chi connectivity index (χ3n) is 4.50. The fourth-order valence-corrected chi connectivity index (χ4v) is 4.36. The summed E-state index contributed by atoms with van der Waals surface area (Å²) < 4.78 is 40.0. The minimum absolute atomic E-state index is 0.208. The summed E-state index contributed by atoms with van der Waals surface area (Å²) in [5, 5.41) is 3.15. The average Bonchev–Trinajstić information content (AvgIpc) is 2.65. The van der Waals surface area contributed by atoms with Gasteiger partial charge in [-0.2, -0.15) is 0 Å². The molecule has 1 aliphatic rings. The Morgan fingerprint density at radius 2 is 1.89 bits per heavy atom. The van der Waals surface area contributed by atoms with Crippen molar-refractivity contribution >= 4 is 21.7 Å². The van der Waals surface area contributed by atoms with E-state index in [1.165, 1.54) is 37.5 Å². The molecule has 0 radical (unpaired) electrons. The lowest BCUT2D eigenvalue weighted by atomic mass is 10.1. The zero-order valence-corrected chi connectivity index (χ0v) is 16.8. The predicted molar refractivity (Wildman–Crippen MR) is 108 cm³/mol. The molecule has 1 saturated heterocycles. The molecule has 0 aliphatic carbocycles. The Balaban J connectivity index is 1.51. The van der Waals surface area contributed by atoms with Gasteiger partial charge in [0.15, 0.2) is 0 Å². The second kappa shape index (κ2) is 9.29. The summed E-state index contributed by atoms with van der Waals surface area (Å²) in [6.45, 7) is 4.43. The first-order chi connectivity index (χ1) is 13.4. The van der Waals surface area contributed by atoms with Gasteiger partial charge >= 0.3 is 0 Å². The smallest absolute Gasteiger partial charge is 0.215 e. The lowest BCUT2D eigenvalue weighted by Gasteiger charge is -2.28. The van der Waals surface area contributed by atoms with Crippen molar-refractivity contribution in [3.05, 3.63) is 47.5 Å². The SMILES string of the molecule is Cc1nc(NCCNS(=O)(=O)Cc2cccc(F)c2)cc(N2CCCCC2)n1. The van der Waals surface area contributed by atoms with Crippen molar-refractivity contribution in [3.63, 3.8) is 0 Å². The molecule has 7 nitrogen and oxygen atoms in total. The number of nitrogens with one attached hydrogen (secondary N) is 2. The summed E-state index contributed by atoms with van der Waals surface area (Å²) in [6, 6.07) is 7.50. The van der Waals surface area contributed by atoms with E-state index in [0.717, 1.165) is 18.9 Å². The minimum Gasteiger partial charge on any atom is -0.369 e. The Morgan fingerprint density at radius 3 is 2.64 bits per heavy atom. The van der Waals surface area contributed by atoms with Crippen molar-refractivity contribution in [1.82, 2.24) is 14.7 Å². The van der Waals surface area contributed by atoms with E-state index < -0.39 is 15.8 Å². The van der Waals surface area contributed by atoms with Crippen LogP contribution < -0.4 is 14.9 Å². The number of anilines is 2. The zero-order valence-electron chi connectivity index (χ0n) is 16.0. The van der Waals surface area contributed by atoms with Gasteiger partial charge in [0.2, 0.25) is 10.0 Å². The molecule has 0 unspecified atom stereocenters. The van der Waals surface area contributed by atoms with Crippen molar-refractivity contribution in [2.45, 2.75) is 31.9 Å². The molecule has 2 N–H and O–H groups in total. The van der Waals surface area contributed by atoms with Gasteiger partial charge in [-0.15, -0.1) is 0 Å². The summed E-state index contributed by atoms with van der Waals surface area (Å²) in [4.78, 5) is 11.1. The summed E-state index contributed by atoms with van der Waals surface area (Å²) in [6.07, 6.45) is 3.58. The van der Waals surface area contributed by atoms with Gasteiger partial charge in [-0.25, -0.2) is 27.5 Å². The Hall–Kier alpha value is -2.26. The van der Waals surface area contributed by atoms with Gasteiger partial charge in [-0.1, -0.05) is 12.1 Å². The molecule has 0 atom stereocenters. The number of nitrogens with zero attached hydrogens (tertiary/aromatic N) is 3. The fourth-order valence-electron chi connectivity index (χ4n) is 3.22. The standard InChI is InChI=1S/C19H26FN5O2S/c1-15-23-18(13-19(24-15)25-10-3-2-4-11-25)21-8-9-22-28(26,27)14-16-6-5-7-17(20)12-16/h5-7,12-13,22H,2-4,8-11,14H2,1H3,(H,21,23,24). The first-order valence-electron chi connectivity index (χ1n) is 9.47. The van der Waals surface area contributed by atoms with Gasteiger partial charge in [0.05, 0.1) is 5.75 Å². The molecule has 152 valence electrons. The highest BCUT2D eigenvalue weighted by molar-refractivity contribution is 7.88. The van der Waals surface area contributed by atoms with E-state index in [9.17, 15) is 12.8 Å². The highest BCUT2D eigenvalue weighted by Gasteiger charge is 2.14. The number of rotatable bonds is 8. The molecule has 9 heteroatoms. The monoisotopic (exact) mass is 407 g/mol. The maximum absolute atomic E-state index is 13.2. The van der Waals surface area contributed by atoms with Gasteiger partial charge in [0.1, 0.15) is 23.3 Å². The molecule has 2 aromatic rings. The molecule has 28 heavy (non-hydrogen) atoms. The van der Waals surface area contributed by atoms with E-state index in [4.69, 9.17) is 0 Å². The van der Waals surface area contributed by atoms with Gasteiger partial charge in [-0.3, -0.25) is 0 Å². The molecule has 0 bridgehead atoms. The fraction of sp³-hybridized carbons (Fsp3) is 0.474. The van der Waals surface area contributed by atoms with Gasteiger partial charge in [-0.05, 0) is 43.9 Å². The molecule has 1 aliphatic heterocycles. The second-order valence-electron chi connectivity index (χ2n) is 6.92. The van der Waals surface area contributed by atoms with Gasteiger partial charge in [0, 0.05) is 32.2 Å². The Bertz CT molecular complexity index is 901. The van der Waals surface area contributed by atoms with Crippen molar-refractivity contribution in [2.24, 2.45) is 0 Å². The number of aromatic nitrogens is 2. The number of sulfonamides is 1. The van der Waals surface area contributed by atoms with E-state index >= 15 is 0 Å². The third-order valence-corrected chi connectivity index (χ3v) is 5.86. The summed E-state index contributed by atoms with van der Waals surface area (Å²) in [5.74, 6) is 1.56. The van der Waals surface area contributed by atoms with E-state index in [2.05, 4.69) is 24.9 Å². The van der Waals surface area contributed by atoms with Crippen LogP contribution in [0.15, 0.2) is 30.3 Å². The second-order valence-corrected chi connectivity index (χ2v) is 8.72. The predicted octanol–water partition coefficient (Wildman–Crippen LogP) is 2.45. The van der Waals surface area contributed by atoms with Gasteiger partial charge in [0.25, 0.3) is 0 Å². The molecule has 2 heterocycles. The van der Waals surface area contributed by atoms with Crippen LogP contribution in [-0.4, -0.2) is 44.6 Å². The summed E-state index contributed by atoms with van der Waals surface area (Å²) >= 11 is 0. The van der Waals surface area contributed by atoms with Crippen LogP contribution in [0.5, 0.6) is 0 Å². The molecular weight excluding hydrogens is 381 g/mol. The average molecular weight is 408 g/mol. The first-order valence-corrected chi connectivity index (χ1v) is 11.1. The molecule has 1 aromatic carbocycles. The number of hydrogen-bond donors (Lipinski definition) is 2. The number of aryl methyl sites for hydroxylation is 1. The number of piperidine rings is 1. The van der Waals surface area contributed by atoms with Gasteiger partial charge < -0.3 is 10.2 Å². The molecule has 1 fully saturated rings. The van der Waals surface area contributed by atoms with Crippen LogP contribution in [0.25, 0.3) is 0 Å².